The molecule has 52 heavy (non-hydrogen) atoms. The number of hydrogen-bond acceptors (Lipinski definition) is 2. The van der Waals surface area contributed by atoms with Crippen molar-refractivity contribution < 1.29 is 0 Å². The quantitative estimate of drug-likeness (QED) is 0.106. The third kappa shape index (κ3) is 6.08. The van der Waals surface area contributed by atoms with E-state index in [9.17, 15) is 0 Å². The molecule has 8 aromatic carbocycles. The summed E-state index contributed by atoms with van der Waals surface area (Å²) in [5.41, 5.74) is 11.1. The van der Waals surface area contributed by atoms with Crippen LogP contribution in [0.2, 0.25) is 0 Å². The fourth-order valence-corrected chi connectivity index (χ4v) is 7.29. The van der Waals surface area contributed by atoms with E-state index in [2.05, 4.69) is 205 Å². The molecule has 0 aromatic heterocycles. The second kappa shape index (κ2) is 14.5. The van der Waals surface area contributed by atoms with Crippen molar-refractivity contribution >= 4 is 50.0 Å². The fraction of sp³-hybridized carbons (Fsp3) is 0. The summed E-state index contributed by atoms with van der Waals surface area (Å²) in [6.07, 6.45) is 5.71. The van der Waals surface area contributed by atoms with Crippen molar-refractivity contribution in [1.29, 1.82) is 0 Å². The molecule has 0 fully saturated rings. The highest BCUT2D eigenvalue weighted by atomic mass is 15.1. The standard InChI is InChI=1S/C50H38N2/c1-3-20-39(4-2)51(40-25-14-7-15-26-40)43-31-33-45-47(35-43)49(37-21-10-5-11-22-37)46-34-32-44(36-48(46)50(45)38-23-12-6-13-24-38)52(41-27-16-8-17-28-41)42-29-18-9-19-30-42/h3-36H,1-2H2/b39-20+. The topological polar surface area (TPSA) is 6.48 Å². The Labute approximate surface area is 306 Å². The van der Waals surface area contributed by atoms with Gasteiger partial charge in [-0.05, 0) is 117 Å². The lowest BCUT2D eigenvalue weighted by molar-refractivity contribution is 1.21. The van der Waals surface area contributed by atoms with Gasteiger partial charge in [0.05, 0.1) is 0 Å². The second-order valence-electron chi connectivity index (χ2n) is 12.7. The summed E-state index contributed by atoms with van der Waals surface area (Å²) in [4.78, 5) is 4.58. The molecular formula is C50H38N2. The van der Waals surface area contributed by atoms with Crippen LogP contribution < -0.4 is 9.80 Å². The number of nitrogens with zero attached hydrogens (tertiary/aromatic N) is 2. The summed E-state index contributed by atoms with van der Waals surface area (Å²) in [5.74, 6) is 0. The molecule has 0 radical (unpaired) electrons. The van der Waals surface area contributed by atoms with E-state index >= 15 is 0 Å². The summed E-state index contributed by atoms with van der Waals surface area (Å²) in [7, 11) is 0. The zero-order chi connectivity index (χ0) is 35.3. The van der Waals surface area contributed by atoms with Crippen molar-refractivity contribution in [3.63, 3.8) is 0 Å². The van der Waals surface area contributed by atoms with Crippen molar-refractivity contribution in [1.82, 2.24) is 0 Å². The highest BCUT2D eigenvalue weighted by molar-refractivity contribution is 6.22. The van der Waals surface area contributed by atoms with Crippen LogP contribution in [0.3, 0.4) is 0 Å². The molecule has 0 N–H and O–H groups in total. The van der Waals surface area contributed by atoms with Crippen molar-refractivity contribution in [2.75, 3.05) is 9.80 Å². The van der Waals surface area contributed by atoms with Crippen LogP contribution in [-0.2, 0) is 0 Å². The van der Waals surface area contributed by atoms with E-state index in [1.807, 2.05) is 24.3 Å². The largest absolute Gasteiger partial charge is 0.311 e. The van der Waals surface area contributed by atoms with Crippen molar-refractivity contribution in [2.24, 2.45) is 0 Å². The van der Waals surface area contributed by atoms with Gasteiger partial charge < -0.3 is 9.80 Å². The first-order chi connectivity index (χ1) is 25.7. The number of fused-ring (bicyclic) bond motifs is 2. The van der Waals surface area contributed by atoms with Crippen LogP contribution in [0.5, 0.6) is 0 Å². The van der Waals surface area contributed by atoms with Crippen LogP contribution in [0, 0.1) is 0 Å². The molecule has 2 nitrogen and oxygen atoms in total. The Balaban J connectivity index is 1.48. The Morgan fingerprint density at radius 3 is 1.23 bits per heavy atom. The Hall–Kier alpha value is -6.90. The van der Waals surface area contributed by atoms with Gasteiger partial charge in [-0.25, -0.2) is 0 Å². The number of allylic oxidation sites excluding steroid dienone is 3. The lowest BCUT2D eigenvalue weighted by Crippen LogP contribution is -2.15. The molecule has 0 aliphatic carbocycles. The van der Waals surface area contributed by atoms with Gasteiger partial charge in [0, 0.05) is 34.1 Å². The van der Waals surface area contributed by atoms with E-state index in [1.54, 1.807) is 0 Å². The van der Waals surface area contributed by atoms with E-state index in [1.165, 1.54) is 43.8 Å². The molecule has 248 valence electrons. The SMILES string of the molecule is C=C/C=C(\C=C)N(c1ccccc1)c1ccc2c(-c3ccccc3)c3cc(N(c4ccccc4)c4ccccc4)ccc3c(-c3ccccc3)c2c1. The average Bonchev–Trinajstić information content (AvgIpc) is 3.21. The maximum absolute atomic E-state index is 4.18. The first-order valence-corrected chi connectivity index (χ1v) is 17.6. The van der Waals surface area contributed by atoms with Crippen LogP contribution in [0.25, 0.3) is 43.8 Å². The van der Waals surface area contributed by atoms with Crippen molar-refractivity contribution in [3.05, 3.63) is 225 Å². The van der Waals surface area contributed by atoms with Gasteiger partial charge in [-0.3, -0.25) is 0 Å². The third-order valence-corrected chi connectivity index (χ3v) is 9.52. The number of hydrogen-bond donors (Lipinski definition) is 0. The van der Waals surface area contributed by atoms with Gasteiger partial charge in [-0.15, -0.1) is 0 Å². The first-order valence-electron chi connectivity index (χ1n) is 17.6. The first kappa shape index (κ1) is 32.3. The summed E-state index contributed by atoms with van der Waals surface area (Å²) < 4.78 is 0. The summed E-state index contributed by atoms with van der Waals surface area (Å²) in [6.45, 7) is 8.18. The number of anilines is 5. The molecular weight excluding hydrogens is 629 g/mol. The molecule has 0 bridgehead atoms. The zero-order valence-electron chi connectivity index (χ0n) is 28.9. The van der Waals surface area contributed by atoms with Crippen LogP contribution in [0.4, 0.5) is 28.4 Å². The summed E-state index contributed by atoms with van der Waals surface area (Å²) in [6, 6.07) is 67.0. The molecule has 0 aliphatic rings. The summed E-state index contributed by atoms with van der Waals surface area (Å²) >= 11 is 0. The minimum Gasteiger partial charge on any atom is -0.311 e. The van der Waals surface area contributed by atoms with Crippen LogP contribution in [-0.4, -0.2) is 0 Å². The highest BCUT2D eigenvalue weighted by Crippen LogP contribution is 2.47. The van der Waals surface area contributed by atoms with E-state index in [-0.39, 0.29) is 0 Å². The van der Waals surface area contributed by atoms with Crippen molar-refractivity contribution in [2.45, 2.75) is 0 Å². The van der Waals surface area contributed by atoms with Gasteiger partial charge in [0.15, 0.2) is 0 Å². The maximum atomic E-state index is 4.18. The molecule has 0 amide bonds. The molecule has 0 unspecified atom stereocenters. The minimum absolute atomic E-state index is 0.942. The van der Waals surface area contributed by atoms with Gasteiger partial charge >= 0.3 is 0 Å². The maximum Gasteiger partial charge on any atom is 0.0468 e. The van der Waals surface area contributed by atoms with Crippen molar-refractivity contribution in [3.8, 4) is 22.3 Å². The number of benzene rings is 8. The Morgan fingerprint density at radius 1 is 0.385 bits per heavy atom. The van der Waals surface area contributed by atoms with Gasteiger partial charge in [-0.2, -0.15) is 0 Å². The predicted octanol–water partition coefficient (Wildman–Crippen LogP) is 14.2. The molecule has 0 aliphatic heterocycles. The second-order valence-corrected chi connectivity index (χ2v) is 12.7. The van der Waals surface area contributed by atoms with E-state index in [4.69, 9.17) is 0 Å². The number of para-hydroxylation sites is 3. The molecule has 8 rings (SSSR count). The molecule has 0 heterocycles. The normalized spacial score (nSPS) is 11.3. The molecule has 2 heteroatoms. The fourth-order valence-electron chi connectivity index (χ4n) is 7.29. The van der Waals surface area contributed by atoms with Gasteiger partial charge in [0.2, 0.25) is 0 Å². The Kier molecular flexibility index (Phi) is 9.03. The lowest BCUT2D eigenvalue weighted by atomic mass is 9.85. The van der Waals surface area contributed by atoms with E-state index in [0.717, 1.165) is 34.1 Å². The predicted molar refractivity (Wildman–Crippen MR) is 224 cm³/mol. The monoisotopic (exact) mass is 666 g/mol. The van der Waals surface area contributed by atoms with Crippen LogP contribution >= 0.6 is 0 Å². The van der Waals surface area contributed by atoms with E-state index < -0.39 is 0 Å². The van der Waals surface area contributed by atoms with Gasteiger partial charge in [0.25, 0.3) is 0 Å². The van der Waals surface area contributed by atoms with Crippen LogP contribution in [0.15, 0.2) is 225 Å². The molecule has 0 atom stereocenters. The summed E-state index contributed by atoms with van der Waals surface area (Å²) in [5, 5.41) is 4.74. The number of rotatable bonds is 10. The zero-order valence-corrected chi connectivity index (χ0v) is 28.9. The Bertz CT molecular complexity index is 2480. The Morgan fingerprint density at radius 2 is 0.788 bits per heavy atom. The average molecular weight is 667 g/mol. The van der Waals surface area contributed by atoms with Gasteiger partial charge in [0.1, 0.15) is 0 Å². The van der Waals surface area contributed by atoms with Crippen LogP contribution in [0.1, 0.15) is 0 Å². The molecule has 0 saturated heterocycles. The third-order valence-electron chi connectivity index (χ3n) is 9.52. The highest BCUT2D eigenvalue weighted by Gasteiger charge is 2.21. The molecule has 8 aromatic rings. The lowest BCUT2D eigenvalue weighted by Gasteiger charge is -2.28. The van der Waals surface area contributed by atoms with E-state index in [0.29, 0.717) is 0 Å². The minimum atomic E-state index is 0.942. The molecule has 0 saturated carbocycles. The molecule has 0 spiro atoms. The smallest absolute Gasteiger partial charge is 0.0468 e. The van der Waals surface area contributed by atoms with Gasteiger partial charge in [-0.1, -0.05) is 147 Å².